The van der Waals surface area contributed by atoms with Crippen LogP contribution >= 0.6 is 0 Å². The van der Waals surface area contributed by atoms with Crippen molar-refractivity contribution in [2.45, 2.75) is 26.2 Å². The molecular weight excluding hydrogens is 202 g/mol. The third-order valence-electron chi connectivity index (χ3n) is 3.07. The molecule has 1 unspecified atom stereocenters. The quantitative estimate of drug-likeness (QED) is 0.704. The maximum atomic E-state index is 11.6. The summed E-state index contributed by atoms with van der Waals surface area (Å²) in [6.07, 6.45) is 2.57. The van der Waals surface area contributed by atoms with Gasteiger partial charge in [0.05, 0.1) is 5.56 Å². The van der Waals surface area contributed by atoms with Crippen LogP contribution in [0, 0.1) is 28.6 Å². The van der Waals surface area contributed by atoms with Crippen molar-refractivity contribution in [2.24, 2.45) is 5.92 Å². The van der Waals surface area contributed by atoms with E-state index < -0.39 is 5.56 Å². The Labute approximate surface area is 93.1 Å². The maximum absolute atomic E-state index is 11.6. The van der Waals surface area contributed by atoms with Crippen molar-refractivity contribution in [1.29, 1.82) is 10.5 Å². The minimum atomic E-state index is -0.438. The molecule has 1 heterocycles. The number of rotatable bonds is 0. The SMILES string of the molecule is CC1CCc2[nH]c(=O)c(C#N)c(C#N)c2C1. The third kappa shape index (κ3) is 1.49. The van der Waals surface area contributed by atoms with Crippen LogP contribution in [0.4, 0.5) is 0 Å². The molecule has 4 heteroatoms. The lowest BCUT2D eigenvalue weighted by molar-refractivity contribution is 0.492. The van der Waals surface area contributed by atoms with Gasteiger partial charge >= 0.3 is 0 Å². The molecule has 0 fully saturated rings. The normalized spacial score (nSPS) is 18.3. The highest BCUT2D eigenvalue weighted by Crippen LogP contribution is 2.26. The molecule has 0 aliphatic heterocycles. The first-order valence-corrected chi connectivity index (χ1v) is 5.25. The van der Waals surface area contributed by atoms with E-state index in [0.29, 0.717) is 5.92 Å². The number of aromatic amines is 1. The molecule has 0 radical (unpaired) electrons. The van der Waals surface area contributed by atoms with Crippen molar-refractivity contribution in [3.8, 4) is 12.1 Å². The molecule has 0 saturated heterocycles. The smallest absolute Gasteiger partial charge is 0.267 e. The molecule has 1 N–H and O–H groups in total. The van der Waals surface area contributed by atoms with Gasteiger partial charge < -0.3 is 4.98 Å². The standard InChI is InChI=1S/C12H11N3O/c1-7-2-3-11-8(4-7)9(5-13)10(6-14)12(16)15-11/h7H,2-4H2,1H3,(H,15,16). The van der Waals surface area contributed by atoms with Crippen LogP contribution in [0.3, 0.4) is 0 Å². The van der Waals surface area contributed by atoms with Crippen LogP contribution in [0.2, 0.25) is 0 Å². The third-order valence-corrected chi connectivity index (χ3v) is 3.07. The van der Waals surface area contributed by atoms with Gasteiger partial charge in [-0.25, -0.2) is 0 Å². The highest BCUT2D eigenvalue weighted by atomic mass is 16.1. The summed E-state index contributed by atoms with van der Waals surface area (Å²) in [5, 5.41) is 17.9. The zero-order valence-electron chi connectivity index (χ0n) is 9.00. The van der Waals surface area contributed by atoms with Crippen molar-refractivity contribution in [3.63, 3.8) is 0 Å². The van der Waals surface area contributed by atoms with Crippen LogP contribution in [-0.4, -0.2) is 4.98 Å². The summed E-state index contributed by atoms with van der Waals surface area (Å²) in [4.78, 5) is 14.3. The van der Waals surface area contributed by atoms with Gasteiger partial charge in [0.15, 0.2) is 0 Å². The van der Waals surface area contributed by atoms with E-state index in [0.717, 1.165) is 30.5 Å². The highest BCUT2D eigenvalue weighted by Gasteiger charge is 2.22. The predicted molar refractivity (Wildman–Crippen MR) is 57.7 cm³/mol. The van der Waals surface area contributed by atoms with Gasteiger partial charge in [-0.05, 0) is 30.7 Å². The van der Waals surface area contributed by atoms with Crippen LogP contribution in [0.1, 0.15) is 35.7 Å². The monoisotopic (exact) mass is 213 g/mol. The number of hydrogen-bond donors (Lipinski definition) is 1. The van der Waals surface area contributed by atoms with Gasteiger partial charge in [0.1, 0.15) is 17.7 Å². The fourth-order valence-electron chi connectivity index (χ4n) is 2.20. The molecule has 0 aromatic carbocycles. The molecular formula is C12H11N3O. The molecule has 80 valence electrons. The second kappa shape index (κ2) is 3.83. The van der Waals surface area contributed by atoms with Crippen molar-refractivity contribution in [2.75, 3.05) is 0 Å². The van der Waals surface area contributed by atoms with Gasteiger partial charge in [0.25, 0.3) is 5.56 Å². The van der Waals surface area contributed by atoms with E-state index in [1.54, 1.807) is 0 Å². The van der Waals surface area contributed by atoms with Crippen molar-refractivity contribution in [1.82, 2.24) is 4.98 Å². The lowest BCUT2D eigenvalue weighted by Gasteiger charge is -2.22. The zero-order chi connectivity index (χ0) is 11.7. The second-order valence-electron chi connectivity index (χ2n) is 4.23. The summed E-state index contributed by atoms with van der Waals surface area (Å²) in [7, 11) is 0. The average Bonchev–Trinajstić information content (AvgIpc) is 2.28. The Morgan fingerprint density at radius 1 is 1.31 bits per heavy atom. The van der Waals surface area contributed by atoms with Crippen molar-refractivity contribution >= 4 is 0 Å². The van der Waals surface area contributed by atoms with Gasteiger partial charge in [-0.1, -0.05) is 6.92 Å². The number of hydrogen-bond acceptors (Lipinski definition) is 3. The number of nitrogens with zero attached hydrogens (tertiary/aromatic N) is 2. The molecule has 1 aliphatic carbocycles. The molecule has 1 aromatic heterocycles. The average molecular weight is 213 g/mol. The number of nitriles is 2. The summed E-state index contributed by atoms with van der Waals surface area (Å²) in [6.45, 7) is 2.11. The lowest BCUT2D eigenvalue weighted by atomic mass is 9.84. The fraction of sp³-hybridized carbons (Fsp3) is 0.417. The summed E-state index contributed by atoms with van der Waals surface area (Å²) in [5.74, 6) is 0.497. The minimum absolute atomic E-state index is 0.0460. The fourth-order valence-corrected chi connectivity index (χ4v) is 2.20. The second-order valence-corrected chi connectivity index (χ2v) is 4.23. The van der Waals surface area contributed by atoms with Crippen LogP contribution in [0.15, 0.2) is 4.79 Å². The van der Waals surface area contributed by atoms with E-state index in [2.05, 4.69) is 11.9 Å². The largest absolute Gasteiger partial charge is 0.325 e. The first kappa shape index (κ1) is 10.4. The van der Waals surface area contributed by atoms with Crippen LogP contribution in [0.5, 0.6) is 0 Å². The molecule has 0 amide bonds. The van der Waals surface area contributed by atoms with Crippen LogP contribution in [-0.2, 0) is 12.8 Å². The van der Waals surface area contributed by atoms with Gasteiger partial charge in [0, 0.05) is 5.69 Å². The lowest BCUT2D eigenvalue weighted by Crippen LogP contribution is -2.23. The Morgan fingerprint density at radius 2 is 2.00 bits per heavy atom. The van der Waals surface area contributed by atoms with Gasteiger partial charge in [-0.3, -0.25) is 4.79 Å². The first-order chi connectivity index (χ1) is 7.67. The van der Waals surface area contributed by atoms with Crippen LogP contribution in [0.25, 0.3) is 0 Å². The van der Waals surface area contributed by atoms with Crippen molar-refractivity contribution < 1.29 is 0 Å². The molecule has 1 atom stereocenters. The van der Waals surface area contributed by atoms with E-state index in [-0.39, 0.29) is 11.1 Å². The summed E-state index contributed by atoms with van der Waals surface area (Å²) >= 11 is 0. The molecule has 0 spiro atoms. The van der Waals surface area contributed by atoms with Crippen LogP contribution < -0.4 is 5.56 Å². The summed E-state index contributed by atoms with van der Waals surface area (Å²) in [5.41, 5.74) is 1.48. The van der Waals surface area contributed by atoms with Gasteiger partial charge in [0.2, 0.25) is 0 Å². The van der Waals surface area contributed by atoms with E-state index in [1.807, 2.05) is 12.1 Å². The molecule has 0 saturated carbocycles. The molecule has 16 heavy (non-hydrogen) atoms. The highest BCUT2D eigenvalue weighted by molar-refractivity contribution is 5.51. The Morgan fingerprint density at radius 3 is 2.62 bits per heavy atom. The Bertz CT molecular complexity index is 572. The molecule has 0 bridgehead atoms. The van der Waals surface area contributed by atoms with Gasteiger partial charge in [-0.15, -0.1) is 0 Å². The summed E-state index contributed by atoms with van der Waals surface area (Å²) < 4.78 is 0. The number of pyridine rings is 1. The molecule has 4 nitrogen and oxygen atoms in total. The maximum Gasteiger partial charge on any atom is 0.267 e. The summed E-state index contributed by atoms with van der Waals surface area (Å²) in [6, 6.07) is 3.81. The molecule has 1 aromatic rings. The Balaban J connectivity index is 2.74. The number of H-pyrrole nitrogens is 1. The van der Waals surface area contributed by atoms with E-state index in [4.69, 9.17) is 10.5 Å². The Kier molecular flexibility index (Phi) is 2.50. The van der Waals surface area contributed by atoms with Crippen molar-refractivity contribution in [3.05, 3.63) is 32.7 Å². The number of aryl methyl sites for hydroxylation is 1. The molecule has 2 rings (SSSR count). The predicted octanol–water partition coefficient (Wildman–Crippen LogP) is 1.24. The molecule has 1 aliphatic rings. The topological polar surface area (TPSA) is 80.4 Å². The van der Waals surface area contributed by atoms with E-state index >= 15 is 0 Å². The Hall–Kier alpha value is -2.07. The first-order valence-electron chi connectivity index (χ1n) is 5.25. The number of aromatic nitrogens is 1. The number of fused-ring (bicyclic) bond motifs is 1. The van der Waals surface area contributed by atoms with Gasteiger partial charge in [-0.2, -0.15) is 10.5 Å². The number of nitrogens with one attached hydrogen (secondary N) is 1. The minimum Gasteiger partial charge on any atom is -0.325 e. The van der Waals surface area contributed by atoms with E-state index in [1.165, 1.54) is 0 Å². The van der Waals surface area contributed by atoms with E-state index in [9.17, 15) is 4.79 Å². The zero-order valence-corrected chi connectivity index (χ0v) is 9.00.